The highest BCUT2D eigenvalue weighted by atomic mass is 32.2. The summed E-state index contributed by atoms with van der Waals surface area (Å²) in [5.74, 6) is -0.456. The van der Waals surface area contributed by atoms with E-state index in [0.717, 1.165) is 10.9 Å². The van der Waals surface area contributed by atoms with Crippen LogP contribution in [0.1, 0.15) is 32.0 Å². The van der Waals surface area contributed by atoms with E-state index in [-0.39, 0.29) is 36.2 Å². The van der Waals surface area contributed by atoms with Gasteiger partial charge in [0.25, 0.3) is 0 Å². The van der Waals surface area contributed by atoms with E-state index in [1.807, 2.05) is 13.8 Å². The van der Waals surface area contributed by atoms with Gasteiger partial charge in [-0.2, -0.15) is 18.3 Å². The molecule has 1 N–H and O–H groups in total. The van der Waals surface area contributed by atoms with Crippen molar-refractivity contribution in [1.82, 2.24) is 15.1 Å². The summed E-state index contributed by atoms with van der Waals surface area (Å²) in [6, 6.07) is 0.0369. The van der Waals surface area contributed by atoms with Gasteiger partial charge >= 0.3 is 6.18 Å². The Morgan fingerprint density at radius 1 is 1.38 bits per heavy atom. The van der Waals surface area contributed by atoms with Crippen LogP contribution in [0.5, 0.6) is 0 Å². The molecule has 0 unspecified atom stereocenters. The lowest BCUT2D eigenvalue weighted by molar-refractivity contribution is -0.144. The maximum atomic E-state index is 13.1. The van der Waals surface area contributed by atoms with Gasteiger partial charge in [-0.3, -0.25) is 4.68 Å². The number of aromatic nitrogens is 2. The first-order chi connectivity index (χ1) is 9.57. The number of hydrogen-bond donors (Lipinski definition) is 1. The van der Waals surface area contributed by atoms with Crippen LogP contribution in [0.2, 0.25) is 0 Å². The van der Waals surface area contributed by atoms with Gasteiger partial charge in [-0.25, -0.2) is 8.42 Å². The Bertz CT molecular complexity index is 565. The molecule has 21 heavy (non-hydrogen) atoms. The van der Waals surface area contributed by atoms with Crippen molar-refractivity contribution in [2.75, 3.05) is 11.5 Å². The monoisotopic (exact) mass is 327 g/mol. The van der Waals surface area contributed by atoms with Gasteiger partial charge in [-0.15, -0.1) is 0 Å². The van der Waals surface area contributed by atoms with Crippen LogP contribution in [0.4, 0.5) is 13.2 Å². The fourth-order valence-corrected chi connectivity index (χ4v) is 2.48. The minimum Gasteiger partial charge on any atom is -0.310 e. The Morgan fingerprint density at radius 3 is 2.48 bits per heavy atom. The zero-order chi connectivity index (χ0) is 16.3. The standard InChI is InChI=1S/C12H20F3N3O2S/c1-4-21(19,20)6-5-18-11(12(13,14)15)10(8-17-18)7-16-9(2)3/h8-9,16H,4-7H2,1-3H3. The summed E-state index contributed by atoms with van der Waals surface area (Å²) >= 11 is 0. The first-order valence-corrected chi connectivity index (χ1v) is 8.44. The molecule has 0 bridgehead atoms. The summed E-state index contributed by atoms with van der Waals surface area (Å²) < 4.78 is 63.0. The molecule has 9 heteroatoms. The van der Waals surface area contributed by atoms with Crippen molar-refractivity contribution in [3.05, 3.63) is 17.5 Å². The number of aryl methyl sites for hydroxylation is 1. The minimum atomic E-state index is -4.57. The van der Waals surface area contributed by atoms with Crippen molar-refractivity contribution in [3.8, 4) is 0 Å². The maximum absolute atomic E-state index is 13.1. The maximum Gasteiger partial charge on any atom is 0.433 e. The van der Waals surface area contributed by atoms with Gasteiger partial charge in [0.15, 0.2) is 9.84 Å². The smallest absolute Gasteiger partial charge is 0.310 e. The molecule has 0 saturated carbocycles. The van der Waals surface area contributed by atoms with E-state index in [1.165, 1.54) is 6.92 Å². The molecule has 0 aliphatic carbocycles. The zero-order valence-electron chi connectivity index (χ0n) is 12.2. The normalized spacial score (nSPS) is 13.1. The minimum absolute atomic E-state index is 0.0186. The van der Waals surface area contributed by atoms with Gasteiger partial charge in [0.1, 0.15) is 5.69 Å². The molecule has 5 nitrogen and oxygen atoms in total. The molecule has 0 atom stereocenters. The van der Waals surface area contributed by atoms with Crippen LogP contribution in [0.3, 0.4) is 0 Å². The number of sulfone groups is 1. The fraction of sp³-hybridized carbons (Fsp3) is 0.750. The third kappa shape index (κ3) is 5.31. The van der Waals surface area contributed by atoms with Crippen molar-refractivity contribution in [3.63, 3.8) is 0 Å². The lowest BCUT2D eigenvalue weighted by atomic mass is 10.2. The number of halogens is 3. The van der Waals surface area contributed by atoms with E-state index >= 15 is 0 Å². The number of hydrogen-bond acceptors (Lipinski definition) is 4. The third-order valence-corrected chi connectivity index (χ3v) is 4.62. The second kappa shape index (κ2) is 6.78. The Hall–Kier alpha value is -1.09. The van der Waals surface area contributed by atoms with Crippen LogP contribution in [-0.2, 0) is 29.1 Å². The second-order valence-corrected chi connectivity index (χ2v) is 7.48. The zero-order valence-corrected chi connectivity index (χ0v) is 13.1. The molecule has 122 valence electrons. The fourth-order valence-electron chi connectivity index (χ4n) is 1.74. The predicted octanol–water partition coefficient (Wildman–Crippen LogP) is 1.83. The second-order valence-electron chi connectivity index (χ2n) is 5.01. The Kier molecular flexibility index (Phi) is 5.80. The number of nitrogens with one attached hydrogen (secondary N) is 1. The van der Waals surface area contributed by atoms with Crippen molar-refractivity contribution in [2.45, 2.75) is 46.1 Å². The quantitative estimate of drug-likeness (QED) is 0.830. The van der Waals surface area contributed by atoms with Crippen LogP contribution < -0.4 is 5.32 Å². The number of rotatable bonds is 7. The molecule has 0 fully saturated rings. The average Bonchev–Trinajstić information content (AvgIpc) is 2.77. The largest absolute Gasteiger partial charge is 0.433 e. The van der Waals surface area contributed by atoms with Crippen molar-refractivity contribution in [1.29, 1.82) is 0 Å². The van der Waals surface area contributed by atoms with E-state index in [4.69, 9.17) is 0 Å². The highest BCUT2D eigenvalue weighted by molar-refractivity contribution is 7.91. The summed E-state index contributed by atoms with van der Waals surface area (Å²) in [5, 5.41) is 6.59. The van der Waals surface area contributed by atoms with E-state index in [9.17, 15) is 21.6 Å². The molecule has 0 radical (unpaired) electrons. The third-order valence-electron chi connectivity index (χ3n) is 2.94. The van der Waals surface area contributed by atoms with Crippen LogP contribution >= 0.6 is 0 Å². The van der Waals surface area contributed by atoms with E-state index in [0.29, 0.717) is 0 Å². The van der Waals surface area contributed by atoms with Crippen LogP contribution in [0.25, 0.3) is 0 Å². The molecule has 0 aliphatic rings. The first-order valence-electron chi connectivity index (χ1n) is 6.62. The molecule has 0 spiro atoms. The van der Waals surface area contributed by atoms with Crippen LogP contribution in [0, 0.1) is 0 Å². The summed E-state index contributed by atoms with van der Waals surface area (Å²) in [4.78, 5) is 0. The lowest BCUT2D eigenvalue weighted by Crippen LogP contribution is -2.25. The Morgan fingerprint density at radius 2 is 2.00 bits per heavy atom. The van der Waals surface area contributed by atoms with E-state index in [2.05, 4.69) is 10.4 Å². The molecule has 1 heterocycles. The van der Waals surface area contributed by atoms with Gasteiger partial charge < -0.3 is 5.32 Å². The number of nitrogens with zero attached hydrogens (tertiary/aromatic N) is 2. The van der Waals surface area contributed by atoms with Gasteiger partial charge in [-0.1, -0.05) is 20.8 Å². The molecule has 0 amide bonds. The van der Waals surface area contributed by atoms with Crippen LogP contribution in [0.15, 0.2) is 6.20 Å². The molecule has 0 aromatic carbocycles. The van der Waals surface area contributed by atoms with Gasteiger partial charge in [-0.05, 0) is 0 Å². The lowest BCUT2D eigenvalue weighted by Gasteiger charge is -2.14. The molecule has 1 rings (SSSR count). The highest BCUT2D eigenvalue weighted by Crippen LogP contribution is 2.32. The van der Waals surface area contributed by atoms with Crippen LogP contribution in [-0.4, -0.2) is 35.7 Å². The molecule has 1 aromatic heterocycles. The summed E-state index contributed by atoms with van der Waals surface area (Å²) in [6.45, 7) is 4.85. The SMILES string of the molecule is CCS(=O)(=O)CCn1ncc(CNC(C)C)c1C(F)(F)F. The van der Waals surface area contributed by atoms with Gasteiger partial charge in [0.2, 0.25) is 0 Å². The van der Waals surface area contributed by atoms with Crippen molar-refractivity contribution in [2.24, 2.45) is 0 Å². The Labute approximate surface area is 122 Å². The molecular formula is C12H20F3N3O2S. The van der Waals surface area contributed by atoms with Gasteiger partial charge in [0.05, 0.1) is 18.5 Å². The van der Waals surface area contributed by atoms with Crippen molar-refractivity contribution >= 4 is 9.84 Å². The molecule has 1 aromatic rings. The number of alkyl halides is 3. The molecule has 0 aliphatic heterocycles. The first kappa shape index (κ1) is 18.0. The van der Waals surface area contributed by atoms with E-state index < -0.39 is 21.7 Å². The summed E-state index contributed by atoms with van der Waals surface area (Å²) in [6.07, 6.45) is -3.43. The molecule has 0 saturated heterocycles. The predicted molar refractivity (Wildman–Crippen MR) is 73.5 cm³/mol. The Balaban J connectivity index is 2.99. The van der Waals surface area contributed by atoms with E-state index in [1.54, 1.807) is 0 Å². The van der Waals surface area contributed by atoms with Gasteiger partial charge in [0, 0.05) is 23.9 Å². The van der Waals surface area contributed by atoms with Crippen molar-refractivity contribution < 1.29 is 21.6 Å². The topological polar surface area (TPSA) is 64.0 Å². The highest BCUT2D eigenvalue weighted by Gasteiger charge is 2.38. The summed E-state index contributed by atoms with van der Waals surface area (Å²) in [5.41, 5.74) is -0.868. The summed E-state index contributed by atoms with van der Waals surface area (Å²) in [7, 11) is -3.34. The average molecular weight is 327 g/mol. The molecular weight excluding hydrogens is 307 g/mol.